The van der Waals surface area contributed by atoms with Crippen LogP contribution in [0.4, 0.5) is 0 Å². The van der Waals surface area contributed by atoms with Gasteiger partial charge in [-0.3, -0.25) is 29.3 Å². The molecule has 0 unspecified atom stereocenters. The van der Waals surface area contributed by atoms with Gasteiger partial charge in [0.05, 0.1) is 47.9 Å². The van der Waals surface area contributed by atoms with Crippen molar-refractivity contribution in [3.05, 3.63) is 291 Å². The zero-order valence-electron chi connectivity index (χ0n) is 67.3. The van der Waals surface area contributed by atoms with Gasteiger partial charge in [-0.2, -0.15) is 0 Å². The molecule has 0 saturated heterocycles. The molecule has 13 rings (SSSR count). The van der Waals surface area contributed by atoms with Crippen molar-refractivity contribution < 1.29 is 90.0 Å². The third kappa shape index (κ3) is 27.7. The number of rotatable bonds is 12. The number of aromatic nitrogens is 3. The zero-order valence-corrected chi connectivity index (χ0v) is 76.9. The average molecular weight is 2060 g/mol. The minimum atomic E-state index is -0.125. The van der Waals surface area contributed by atoms with Crippen LogP contribution in [-0.2, 0) is 80.1 Å². The summed E-state index contributed by atoms with van der Waals surface area (Å²) in [5.74, 6) is 0.853. The van der Waals surface area contributed by atoms with Gasteiger partial charge in [0.25, 0.3) is 0 Å². The quantitative estimate of drug-likeness (QED) is 0.0617. The summed E-state index contributed by atoms with van der Waals surface area (Å²) in [6.45, 7) is 41.3. The van der Waals surface area contributed by atoms with E-state index in [0.29, 0.717) is 11.8 Å². The molecule has 583 valence electrons. The number of hydrogen-bond acceptors (Lipinski definition) is 12. The number of aryl methyl sites for hydroxylation is 8. The van der Waals surface area contributed by atoms with E-state index in [9.17, 15) is 14.4 Å². The molecule has 0 aliphatic heterocycles. The van der Waals surface area contributed by atoms with E-state index in [1.807, 2.05) is 11.3 Å². The van der Waals surface area contributed by atoms with Gasteiger partial charge in [-0.1, -0.05) is 193 Å². The molecule has 0 fully saturated rings. The molecular weight excluding hydrogens is 1960 g/mol. The normalized spacial score (nSPS) is 11.3. The fourth-order valence-corrected chi connectivity index (χ4v) is 15.3. The fourth-order valence-electron chi connectivity index (χ4n) is 12.3. The number of thiophene rings is 3. The number of allylic oxidation sites excluding steroid dienone is 6. The molecule has 0 amide bonds. The van der Waals surface area contributed by atoms with Crippen LogP contribution in [0.15, 0.2) is 211 Å². The van der Waals surface area contributed by atoms with Crippen LogP contribution in [0.25, 0.3) is 107 Å². The van der Waals surface area contributed by atoms with Gasteiger partial charge in [-0.15, -0.1) is 139 Å². The van der Waals surface area contributed by atoms with Gasteiger partial charge in [0, 0.05) is 93.2 Å². The summed E-state index contributed by atoms with van der Waals surface area (Å²) in [6, 6.07) is 74.2. The van der Waals surface area contributed by atoms with E-state index in [2.05, 4.69) is 298 Å². The van der Waals surface area contributed by atoms with Gasteiger partial charge in [0.2, 0.25) is 0 Å². The first-order valence-electron chi connectivity index (χ1n) is 36.3. The van der Waals surface area contributed by atoms with Crippen molar-refractivity contribution in [2.75, 3.05) is 0 Å². The van der Waals surface area contributed by atoms with E-state index in [1.54, 1.807) is 22.7 Å². The molecular formula is C96H100Ir3N3O6S3-3. The number of aliphatic hydroxyl groups is 3. The number of nitrogens with zero attached hydrogens (tertiary/aromatic N) is 3. The molecule has 0 saturated carbocycles. The molecule has 6 aromatic heterocycles. The Labute approximate surface area is 710 Å². The molecule has 7 aromatic carbocycles. The van der Waals surface area contributed by atoms with E-state index in [-0.39, 0.29) is 100 Å². The molecule has 0 bridgehead atoms. The second-order valence-corrected chi connectivity index (χ2v) is 32.6. The standard InChI is InChI=1S/C29H24NS.C27H28NS.C25H24NS.3C5H8O2.3Ir/c1-18-14-19(2)16-24(15-18)25-12-13-27-26(30-25)17-28(31-27)22-8-10-23(11-9-22)29-20(3)6-5-7-21(29)4;1-16(2)20-12-21(17(3)4)14-23(13-20)27-15-25-26(29-27)8-7-24(28-25)22-10-18(5)9-19(6)11-22;1-16-12-17(2)14-19(13-16)21-10-11-23-22(26-21)15-24(27-23)18-6-8-20(9-7-18)25(3,4)5;3*1-4(6)3-5(2)7;;;/h5-15,17H,1-4H3;7-10,12-17H,1-6H3;6-13,15H,1-5H3;3*3,6H,1-2H3;;;/q3*-1;;;;;;. The first-order valence-corrected chi connectivity index (χ1v) is 38.7. The maximum Gasteiger partial charge on any atom is 0.155 e. The number of fused-ring (bicyclic) bond motifs is 3. The Morgan fingerprint density at radius 3 is 0.946 bits per heavy atom. The molecule has 0 aliphatic carbocycles. The van der Waals surface area contributed by atoms with Crippen LogP contribution in [0.3, 0.4) is 0 Å². The third-order valence-electron chi connectivity index (χ3n) is 17.2. The Hall–Kier alpha value is -8.55. The zero-order chi connectivity index (χ0) is 79.0. The first-order chi connectivity index (χ1) is 50.9. The van der Waals surface area contributed by atoms with Gasteiger partial charge >= 0.3 is 0 Å². The van der Waals surface area contributed by atoms with Gasteiger partial charge in [0.15, 0.2) is 17.3 Å². The summed E-state index contributed by atoms with van der Waals surface area (Å²) in [4.78, 5) is 48.7. The maximum absolute atomic E-state index is 10.0. The fraction of sp³-hybridized carbons (Fsp3) is 0.250. The van der Waals surface area contributed by atoms with Crippen LogP contribution in [0.5, 0.6) is 0 Å². The summed E-state index contributed by atoms with van der Waals surface area (Å²) >= 11 is 5.43. The van der Waals surface area contributed by atoms with E-state index < -0.39 is 0 Å². The Morgan fingerprint density at radius 1 is 0.378 bits per heavy atom. The monoisotopic (exact) mass is 2070 g/mol. The summed E-state index contributed by atoms with van der Waals surface area (Å²) in [6.07, 6.45) is 3.50. The predicted molar refractivity (Wildman–Crippen MR) is 459 cm³/mol. The van der Waals surface area contributed by atoms with Crippen molar-refractivity contribution in [3.8, 4) is 76.2 Å². The number of ketones is 3. The molecule has 15 heteroatoms. The average Bonchev–Trinajstić information content (AvgIpc) is 1.68. The minimum Gasteiger partial charge on any atom is -0.512 e. The smallest absolute Gasteiger partial charge is 0.155 e. The van der Waals surface area contributed by atoms with Crippen molar-refractivity contribution in [2.24, 2.45) is 0 Å². The molecule has 3 N–H and O–H groups in total. The SMILES string of the molecule is CC(=O)C=C(C)O.CC(=O)C=C(C)O.CC(=O)C=C(C)O.Cc1[c-]c(-c2ccc3sc(-c4cc(C(C)C)cc(C(C)C)c4)cc3n2)cc(C)c1.Cc1[c-]c(-c2ccc3sc(-c4ccc(-c5c(C)cccc5C)cc4)cc3n2)cc(C)c1.Cc1[c-]c(-c2ccc3sc(-c4ccc(C(C)(C)C)cc4)cc3n2)cc(C)c1.[Ir].[Ir].[Ir]. The van der Waals surface area contributed by atoms with Crippen molar-refractivity contribution in [1.82, 2.24) is 15.0 Å². The molecule has 0 aliphatic rings. The topological polar surface area (TPSA) is 151 Å². The number of benzene rings is 7. The second kappa shape index (κ2) is 42.4. The summed E-state index contributed by atoms with van der Waals surface area (Å²) in [5, 5.41) is 25.1. The van der Waals surface area contributed by atoms with Crippen molar-refractivity contribution in [1.29, 1.82) is 0 Å². The van der Waals surface area contributed by atoms with E-state index in [0.717, 1.165) is 67.0 Å². The van der Waals surface area contributed by atoms with E-state index >= 15 is 0 Å². The van der Waals surface area contributed by atoms with Gasteiger partial charge in [0.1, 0.15) is 0 Å². The number of carbonyl (C=O) groups excluding carboxylic acids is 3. The Kier molecular flexibility index (Phi) is 35.5. The number of carbonyl (C=O) groups is 3. The molecule has 3 radical (unpaired) electrons. The summed E-state index contributed by atoms with van der Waals surface area (Å²) in [5.41, 5.74) is 29.9. The van der Waals surface area contributed by atoms with Crippen molar-refractivity contribution >= 4 is 82.0 Å². The van der Waals surface area contributed by atoms with Gasteiger partial charge in [-0.25, -0.2) is 0 Å². The maximum atomic E-state index is 10.0. The third-order valence-corrected chi connectivity index (χ3v) is 20.6. The largest absolute Gasteiger partial charge is 0.512 e. The number of pyridine rings is 3. The van der Waals surface area contributed by atoms with Crippen LogP contribution < -0.4 is 0 Å². The van der Waals surface area contributed by atoms with Crippen LogP contribution in [0.2, 0.25) is 0 Å². The Balaban J connectivity index is 0.000000260. The minimum absolute atomic E-state index is 0. The molecule has 111 heavy (non-hydrogen) atoms. The summed E-state index contributed by atoms with van der Waals surface area (Å²) < 4.78 is 3.66. The van der Waals surface area contributed by atoms with Crippen molar-refractivity contribution in [3.63, 3.8) is 0 Å². The Morgan fingerprint density at radius 2 is 0.676 bits per heavy atom. The Bertz CT molecular complexity index is 5290. The molecule has 9 nitrogen and oxygen atoms in total. The summed E-state index contributed by atoms with van der Waals surface area (Å²) in [7, 11) is 0. The molecule has 0 atom stereocenters. The van der Waals surface area contributed by atoms with Gasteiger partial charge in [-0.05, 0) is 182 Å². The van der Waals surface area contributed by atoms with E-state index in [4.69, 9.17) is 30.3 Å². The van der Waals surface area contributed by atoms with Gasteiger partial charge < -0.3 is 15.3 Å². The van der Waals surface area contributed by atoms with Crippen molar-refractivity contribution in [2.45, 2.75) is 163 Å². The molecule has 13 aromatic rings. The number of aliphatic hydroxyl groups excluding tert-OH is 3. The van der Waals surface area contributed by atoms with E-state index in [1.165, 1.54) is 161 Å². The first kappa shape index (κ1) is 93.0. The second-order valence-electron chi connectivity index (χ2n) is 29.4. The van der Waals surface area contributed by atoms with Crippen LogP contribution in [-0.4, -0.2) is 47.6 Å². The van der Waals surface area contributed by atoms with Crippen LogP contribution >= 0.6 is 34.0 Å². The van der Waals surface area contributed by atoms with Crippen LogP contribution in [0, 0.1) is 73.6 Å². The van der Waals surface area contributed by atoms with Crippen LogP contribution in [0.1, 0.15) is 163 Å². The predicted octanol–water partition coefficient (Wildman–Crippen LogP) is 27.1. The molecule has 0 spiro atoms. The molecule has 6 heterocycles. The number of hydrogen-bond donors (Lipinski definition) is 3.